The summed E-state index contributed by atoms with van der Waals surface area (Å²) in [5.41, 5.74) is 2.17. The first kappa shape index (κ1) is 8.74. The molecule has 0 saturated heterocycles. The van der Waals surface area contributed by atoms with Gasteiger partial charge in [-0.3, -0.25) is 9.52 Å². The van der Waals surface area contributed by atoms with Gasteiger partial charge >= 0.3 is 0 Å². The van der Waals surface area contributed by atoms with Crippen LogP contribution in [0, 0.1) is 0 Å². The first-order valence-electron chi connectivity index (χ1n) is 4.34. The summed E-state index contributed by atoms with van der Waals surface area (Å²) in [5, 5.41) is 4.12. The Labute approximate surface area is 82.3 Å². The molecule has 4 heteroatoms. The molecule has 0 spiro atoms. The minimum Gasteiger partial charge on any atom is -0.275 e. The molecule has 2 heterocycles. The summed E-state index contributed by atoms with van der Waals surface area (Å²) in [5.74, 6) is 0. The van der Waals surface area contributed by atoms with Crippen molar-refractivity contribution in [3.8, 4) is 11.1 Å². The summed E-state index contributed by atoms with van der Waals surface area (Å²) in [6.07, 6.45) is 7.56. The molecule has 0 aliphatic rings. The van der Waals surface area contributed by atoms with E-state index in [4.69, 9.17) is 4.84 Å². The molecular weight excluding hydrogens is 178 g/mol. The van der Waals surface area contributed by atoms with Crippen molar-refractivity contribution in [2.45, 2.75) is 0 Å². The molecule has 0 amide bonds. The van der Waals surface area contributed by atoms with Gasteiger partial charge in [0.05, 0.1) is 11.8 Å². The molecule has 2 aromatic heterocycles. The highest BCUT2D eigenvalue weighted by Gasteiger charge is 2.05. The average molecular weight is 190 g/mol. The van der Waals surface area contributed by atoms with Crippen LogP contribution in [0.5, 0.6) is 0 Å². The molecule has 0 radical (unpaired) electrons. The van der Waals surface area contributed by atoms with Crippen LogP contribution in [-0.4, -0.2) is 16.9 Å². The average Bonchev–Trinajstić information content (AvgIpc) is 2.65. The number of nitrogens with zero attached hydrogens (tertiary/aromatic N) is 3. The molecule has 4 nitrogen and oxygen atoms in total. The van der Waals surface area contributed by atoms with E-state index in [9.17, 15) is 0 Å². The van der Waals surface area contributed by atoms with E-state index in [0.717, 1.165) is 11.1 Å². The van der Waals surface area contributed by atoms with Gasteiger partial charge in [-0.2, -0.15) is 5.10 Å². The summed E-state index contributed by atoms with van der Waals surface area (Å²) in [6, 6.07) is 3.96. The molecule has 0 aromatic carbocycles. The largest absolute Gasteiger partial charge is 0.275 e. The van der Waals surface area contributed by atoms with Crippen molar-refractivity contribution in [1.29, 1.82) is 0 Å². The van der Waals surface area contributed by atoms with Gasteiger partial charge in [-0.25, -0.2) is 0 Å². The van der Waals surface area contributed by atoms with Gasteiger partial charge in [0.1, 0.15) is 7.11 Å². The second-order valence-corrected chi connectivity index (χ2v) is 3.04. The van der Waals surface area contributed by atoms with Crippen LogP contribution in [-0.2, 0) is 7.05 Å². The zero-order valence-corrected chi connectivity index (χ0v) is 8.21. The molecule has 72 valence electrons. The van der Waals surface area contributed by atoms with Crippen molar-refractivity contribution in [2.24, 2.45) is 7.05 Å². The molecular formula is C10H12N3O+. The number of hydrogen-bond donors (Lipinski definition) is 0. The van der Waals surface area contributed by atoms with Gasteiger partial charge in [-0.05, 0) is 6.07 Å². The maximum absolute atomic E-state index is 5.07. The van der Waals surface area contributed by atoms with E-state index in [1.807, 2.05) is 44.0 Å². The lowest BCUT2D eigenvalue weighted by Crippen LogP contribution is -2.39. The van der Waals surface area contributed by atoms with Crippen LogP contribution in [0.2, 0.25) is 0 Å². The SMILES string of the molecule is CO[n+]1cccc(-c2cnn(C)c2)c1. The van der Waals surface area contributed by atoms with Crippen molar-refractivity contribution in [3.63, 3.8) is 0 Å². The van der Waals surface area contributed by atoms with Crippen molar-refractivity contribution in [2.75, 3.05) is 7.11 Å². The van der Waals surface area contributed by atoms with Gasteiger partial charge in [-0.15, -0.1) is 0 Å². The highest BCUT2D eigenvalue weighted by atomic mass is 16.6. The van der Waals surface area contributed by atoms with E-state index in [0.29, 0.717) is 0 Å². The zero-order valence-electron chi connectivity index (χ0n) is 8.21. The maximum Gasteiger partial charge on any atom is 0.230 e. The third kappa shape index (κ3) is 1.59. The fourth-order valence-corrected chi connectivity index (χ4v) is 1.31. The molecule has 0 bridgehead atoms. The molecule has 2 rings (SSSR count). The monoisotopic (exact) mass is 190 g/mol. The number of pyridine rings is 1. The quantitative estimate of drug-likeness (QED) is 0.643. The Morgan fingerprint density at radius 3 is 2.93 bits per heavy atom. The van der Waals surface area contributed by atoms with Gasteiger partial charge in [0, 0.05) is 29.6 Å². The number of aryl methyl sites for hydroxylation is 1. The Balaban J connectivity index is 2.41. The smallest absolute Gasteiger partial charge is 0.230 e. The second kappa shape index (κ2) is 3.49. The highest BCUT2D eigenvalue weighted by Crippen LogP contribution is 2.14. The Morgan fingerprint density at radius 2 is 2.29 bits per heavy atom. The van der Waals surface area contributed by atoms with Crippen LogP contribution in [0.25, 0.3) is 11.1 Å². The van der Waals surface area contributed by atoms with Crippen LogP contribution in [0.3, 0.4) is 0 Å². The van der Waals surface area contributed by atoms with E-state index in [2.05, 4.69) is 5.10 Å². The predicted molar refractivity (Wildman–Crippen MR) is 51.3 cm³/mol. The first-order valence-corrected chi connectivity index (χ1v) is 4.34. The van der Waals surface area contributed by atoms with Crippen molar-refractivity contribution < 1.29 is 9.57 Å². The summed E-state index contributed by atoms with van der Waals surface area (Å²) in [6.45, 7) is 0. The molecule has 2 aromatic rings. The van der Waals surface area contributed by atoms with Crippen LogP contribution in [0.1, 0.15) is 0 Å². The summed E-state index contributed by atoms with van der Waals surface area (Å²) in [4.78, 5) is 5.07. The maximum atomic E-state index is 5.07. The molecule has 0 fully saturated rings. The van der Waals surface area contributed by atoms with E-state index < -0.39 is 0 Å². The van der Waals surface area contributed by atoms with E-state index in [1.54, 1.807) is 16.5 Å². The van der Waals surface area contributed by atoms with Gasteiger partial charge in [0.2, 0.25) is 12.4 Å². The fraction of sp³-hybridized carbons (Fsp3) is 0.200. The van der Waals surface area contributed by atoms with E-state index in [-0.39, 0.29) is 0 Å². The fourth-order valence-electron chi connectivity index (χ4n) is 1.31. The lowest BCUT2D eigenvalue weighted by atomic mass is 10.2. The summed E-state index contributed by atoms with van der Waals surface area (Å²) in [7, 11) is 3.53. The van der Waals surface area contributed by atoms with E-state index >= 15 is 0 Å². The Bertz CT molecular complexity index is 436. The van der Waals surface area contributed by atoms with Gasteiger partial charge < -0.3 is 0 Å². The van der Waals surface area contributed by atoms with Crippen LogP contribution < -0.4 is 9.57 Å². The number of hydrogen-bond acceptors (Lipinski definition) is 2. The molecule has 0 aliphatic heterocycles. The predicted octanol–water partition coefficient (Wildman–Crippen LogP) is 0.433. The molecule has 0 saturated carbocycles. The Kier molecular flexibility index (Phi) is 2.18. The van der Waals surface area contributed by atoms with Gasteiger partial charge in [0.15, 0.2) is 0 Å². The van der Waals surface area contributed by atoms with Gasteiger partial charge in [0.25, 0.3) is 0 Å². The minimum absolute atomic E-state index is 1.08. The third-order valence-electron chi connectivity index (χ3n) is 2.02. The Morgan fingerprint density at radius 1 is 1.43 bits per heavy atom. The van der Waals surface area contributed by atoms with E-state index in [1.165, 1.54) is 0 Å². The summed E-state index contributed by atoms with van der Waals surface area (Å²) < 4.78 is 3.43. The van der Waals surface area contributed by atoms with Crippen LogP contribution in [0.15, 0.2) is 36.9 Å². The zero-order chi connectivity index (χ0) is 9.97. The first-order chi connectivity index (χ1) is 6.79. The second-order valence-electron chi connectivity index (χ2n) is 3.04. The lowest BCUT2D eigenvalue weighted by molar-refractivity contribution is -0.885. The molecule has 0 atom stereocenters. The topological polar surface area (TPSA) is 30.9 Å². The van der Waals surface area contributed by atoms with Crippen molar-refractivity contribution >= 4 is 0 Å². The summed E-state index contributed by atoms with van der Waals surface area (Å²) >= 11 is 0. The van der Waals surface area contributed by atoms with Crippen molar-refractivity contribution in [3.05, 3.63) is 36.9 Å². The van der Waals surface area contributed by atoms with Crippen LogP contribution in [0.4, 0.5) is 0 Å². The number of rotatable bonds is 2. The number of aromatic nitrogens is 3. The molecule has 0 unspecified atom stereocenters. The molecule has 0 N–H and O–H groups in total. The molecule has 14 heavy (non-hydrogen) atoms. The minimum atomic E-state index is 1.08. The molecule has 0 aliphatic carbocycles. The van der Waals surface area contributed by atoms with Crippen LogP contribution >= 0.6 is 0 Å². The standard InChI is InChI=1S/C10H12N3O/c1-12-7-10(6-11-12)9-4-3-5-13(8-9)14-2/h3-8H,1-2H3/q+1. The third-order valence-corrected chi connectivity index (χ3v) is 2.02. The van der Waals surface area contributed by atoms with Gasteiger partial charge in [-0.1, -0.05) is 0 Å². The highest BCUT2D eigenvalue weighted by molar-refractivity contribution is 5.59. The Hall–Kier alpha value is -1.84. The normalized spacial score (nSPS) is 10.1. The van der Waals surface area contributed by atoms with Crippen molar-refractivity contribution in [1.82, 2.24) is 9.78 Å². The lowest BCUT2D eigenvalue weighted by Gasteiger charge is -1.94.